The molecule has 0 aliphatic rings. The van der Waals surface area contributed by atoms with Gasteiger partial charge in [-0.05, 0) is 12.0 Å². The van der Waals surface area contributed by atoms with Crippen LogP contribution in [0, 0.1) is 0 Å². The van der Waals surface area contributed by atoms with Gasteiger partial charge in [0.1, 0.15) is 0 Å². The van der Waals surface area contributed by atoms with E-state index in [4.69, 9.17) is 5.11 Å². The van der Waals surface area contributed by atoms with Gasteiger partial charge in [-0.15, -0.1) is 0 Å². The molecule has 5 heteroatoms. The van der Waals surface area contributed by atoms with Gasteiger partial charge in [0.25, 0.3) is 0 Å². The van der Waals surface area contributed by atoms with Crippen molar-refractivity contribution in [3.05, 3.63) is 35.9 Å². The zero-order valence-electron chi connectivity index (χ0n) is 11.9. The van der Waals surface area contributed by atoms with Crippen molar-refractivity contribution in [3.63, 3.8) is 0 Å². The van der Waals surface area contributed by atoms with Gasteiger partial charge in [-0.25, -0.2) is 0 Å². The number of benzene rings is 1. The highest BCUT2D eigenvalue weighted by Crippen LogP contribution is 2.18. The van der Waals surface area contributed by atoms with E-state index in [1.807, 2.05) is 44.2 Å². The maximum absolute atomic E-state index is 11.9. The summed E-state index contributed by atoms with van der Waals surface area (Å²) < 4.78 is 0. The average molecular weight is 278 g/mol. The Hall–Kier alpha value is -1.88. The van der Waals surface area contributed by atoms with Crippen molar-refractivity contribution in [2.75, 3.05) is 6.54 Å². The maximum Gasteiger partial charge on any atom is 0.303 e. The first-order chi connectivity index (χ1) is 9.49. The second-order valence-electron chi connectivity index (χ2n) is 5.00. The molecule has 0 fully saturated rings. The molecular formula is C15H22N2O3. The summed E-state index contributed by atoms with van der Waals surface area (Å²) in [6, 6.07) is 9.39. The van der Waals surface area contributed by atoms with Crippen molar-refractivity contribution in [3.8, 4) is 0 Å². The first kappa shape index (κ1) is 16.2. The predicted octanol–water partition coefficient (Wildman–Crippen LogP) is 1.71. The molecule has 5 nitrogen and oxygen atoms in total. The van der Waals surface area contributed by atoms with Crippen molar-refractivity contribution in [2.24, 2.45) is 0 Å². The minimum absolute atomic E-state index is 0.0252. The maximum atomic E-state index is 11.9. The molecule has 0 aliphatic heterocycles. The van der Waals surface area contributed by atoms with Crippen LogP contribution >= 0.6 is 0 Å². The van der Waals surface area contributed by atoms with Crippen LogP contribution in [0.5, 0.6) is 0 Å². The summed E-state index contributed by atoms with van der Waals surface area (Å²) in [4.78, 5) is 22.6. The van der Waals surface area contributed by atoms with Gasteiger partial charge in [-0.1, -0.05) is 44.2 Å². The molecule has 0 aromatic heterocycles. The number of rotatable bonds is 8. The Kier molecular flexibility index (Phi) is 6.73. The molecule has 20 heavy (non-hydrogen) atoms. The van der Waals surface area contributed by atoms with Gasteiger partial charge >= 0.3 is 5.97 Å². The molecule has 0 spiro atoms. The van der Waals surface area contributed by atoms with Gasteiger partial charge < -0.3 is 15.7 Å². The van der Waals surface area contributed by atoms with Crippen LogP contribution in [0.1, 0.15) is 38.3 Å². The Balaban J connectivity index is 2.63. The first-order valence-electron chi connectivity index (χ1n) is 6.78. The Morgan fingerprint density at radius 1 is 1.20 bits per heavy atom. The van der Waals surface area contributed by atoms with Crippen LogP contribution in [0.3, 0.4) is 0 Å². The van der Waals surface area contributed by atoms with Gasteiger partial charge in [0.05, 0.1) is 12.6 Å². The van der Waals surface area contributed by atoms with Crippen LogP contribution in [-0.2, 0) is 9.59 Å². The Bertz CT molecular complexity index is 432. The van der Waals surface area contributed by atoms with Crippen LogP contribution in [0.15, 0.2) is 30.3 Å². The molecule has 1 amide bonds. The second kappa shape index (κ2) is 8.32. The van der Waals surface area contributed by atoms with Gasteiger partial charge in [-0.2, -0.15) is 0 Å². The topological polar surface area (TPSA) is 78.4 Å². The molecule has 0 radical (unpaired) electrons. The molecule has 1 unspecified atom stereocenters. The van der Waals surface area contributed by atoms with E-state index in [1.165, 1.54) is 0 Å². The number of hydrogen-bond acceptors (Lipinski definition) is 3. The molecule has 1 atom stereocenters. The number of aliphatic carboxylic acids is 1. The molecule has 1 rings (SSSR count). The van der Waals surface area contributed by atoms with Crippen molar-refractivity contribution in [2.45, 2.75) is 38.8 Å². The highest BCUT2D eigenvalue weighted by atomic mass is 16.4. The molecule has 3 N–H and O–H groups in total. The fraction of sp³-hybridized carbons (Fsp3) is 0.467. The lowest BCUT2D eigenvalue weighted by Gasteiger charge is -2.19. The summed E-state index contributed by atoms with van der Waals surface area (Å²) in [6.07, 6.45) is 0.407. The predicted molar refractivity (Wildman–Crippen MR) is 77.3 cm³/mol. The molecule has 1 aromatic rings. The molecular weight excluding hydrogens is 256 g/mol. The van der Waals surface area contributed by atoms with Crippen molar-refractivity contribution >= 4 is 11.9 Å². The van der Waals surface area contributed by atoms with Gasteiger partial charge in [0.2, 0.25) is 5.91 Å². The van der Waals surface area contributed by atoms with E-state index < -0.39 is 5.97 Å². The monoisotopic (exact) mass is 278 g/mol. The molecule has 0 bridgehead atoms. The van der Waals surface area contributed by atoms with Crippen LogP contribution in [0.4, 0.5) is 0 Å². The zero-order valence-corrected chi connectivity index (χ0v) is 11.9. The fourth-order valence-electron chi connectivity index (χ4n) is 1.82. The van der Waals surface area contributed by atoms with Gasteiger partial charge in [0.15, 0.2) is 0 Å². The van der Waals surface area contributed by atoms with Crippen molar-refractivity contribution < 1.29 is 14.7 Å². The lowest BCUT2D eigenvalue weighted by Crippen LogP contribution is -2.38. The minimum atomic E-state index is -0.861. The third-order valence-electron chi connectivity index (χ3n) is 2.85. The third kappa shape index (κ3) is 6.33. The molecule has 1 aromatic carbocycles. The summed E-state index contributed by atoms with van der Waals surface area (Å²) in [7, 11) is 0. The van der Waals surface area contributed by atoms with Crippen LogP contribution in [-0.4, -0.2) is 29.6 Å². The number of carboxylic acids is 1. The van der Waals surface area contributed by atoms with Crippen LogP contribution < -0.4 is 10.6 Å². The molecule has 0 saturated heterocycles. The van der Waals surface area contributed by atoms with E-state index in [-0.39, 0.29) is 31.0 Å². The molecule has 0 heterocycles. The van der Waals surface area contributed by atoms with E-state index in [0.717, 1.165) is 5.56 Å². The zero-order chi connectivity index (χ0) is 15.0. The number of carbonyl (C=O) groups is 2. The lowest BCUT2D eigenvalue weighted by molar-refractivity contribution is -0.137. The number of carboxylic acid groups (broad SMARTS) is 1. The first-order valence-corrected chi connectivity index (χ1v) is 6.78. The summed E-state index contributed by atoms with van der Waals surface area (Å²) in [5.74, 6) is -0.988. The normalized spacial score (nSPS) is 12.2. The quantitative estimate of drug-likeness (QED) is 0.676. The fourth-order valence-corrected chi connectivity index (χ4v) is 1.82. The number of amides is 1. The SMILES string of the molecule is CC(C)NCC(=O)NC(CCC(=O)O)c1ccccc1. The summed E-state index contributed by atoms with van der Waals surface area (Å²) in [5, 5.41) is 14.7. The highest BCUT2D eigenvalue weighted by Gasteiger charge is 2.15. The Labute approximate surface area is 119 Å². The van der Waals surface area contributed by atoms with E-state index in [1.54, 1.807) is 0 Å². The van der Waals surface area contributed by atoms with Crippen LogP contribution in [0.2, 0.25) is 0 Å². The average Bonchev–Trinajstić information content (AvgIpc) is 2.42. The summed E-state index contributed by atoms with van der Waals surface area (Å²) in [6.45, 7) is 4.16. The van der Waals surface area contributed by atoms with Crippen molar-refractivity contribution in [1.82, 2.24) is 10.6 Å². The van der Waals surface area contributed by atoms with Crippen molar-refractivity contribution in [1.29, 1.82) is 0 Å². The van der Waals surface area contributed by atoms with Crippen LogP contribution in [0.25, 0.3) is 0 Å². The third-order valence-corrected chi connectivity index (χ3v) is 2.85. The summed E-state index contributed by atoms with van der Waals surface area (Å²) >= 11 is 0. The van der Waals surface area contributed by atoms with Gasteiger partial charge in [-0.3, -0.25) is 9.59 Å². The number of carbonyl (C=O) groups excluding carboxylic acids is 1. The summed E-state index contributed by atoms with van der Waals surface area (Å²) in [5.41, 5.74) is 0.923. The number of hydrogen-bond donors (Lipinski definition) is 3. The molecule has 0 aliphatic carbocycles. The second-order valence-corrected chi connectivity index (χ2v) is 5.00. The van der Waals surface area contributed by atoms with E-state index in [2.05, 4.69) is 10.6 Å². The largest absolute Gasteiger partial charge is 0.481 e. The van der Waals surface area contributed by atoms with E-state index >= 15 is 0 Å². The Morgan fingerprint density at radius 2 is 1.85 bits per heavy atom. The number of nitrogens with one attached hydrogen (secondary N) is 2. The standard InChI is InChI=1S/C15H22N2O3/c1-11(2)16-10-14(18)17-13(8-9-15(19)20)12-6-4-3-5-7-12/h3-7,11,13,16H,8-10H2,1-2H3,(H,17,18)(H,19,20). The van der Waals surface area contributed by atoms with E-state index in [0.29, 0.717) is 6.42 Å². The lowest BCUT2D eigenvalue weighted by atomic mass is 10.0. The van der Waals surface area contributed by atoms with Gasteiger partial charge in [0, 0.05) is 12.5 Å². The molecule has 110 valence electrons. The minimum Gasteiger partial charge on any atom is -0.481 e. The Morgan fingerprint density at radius 3 is 2.40 bits per heavy atom. The highest BCUT2D eigenvalue weighted by molar-refractivity contribution is 5.78. The smallest absolute Gasteiger partial charge is 0.303 e. The van der Waals surface area contributed by atoms with E-state index in [9.17, 15) is 9.59 Å². The molecule has 0 saturated carbocycles.